The molecule has 0 spiro atoms. The second-order valence-corrected chi connectivity index (χ2v) is 3.99. The van der Waals surface area contributed by atoms with Crippen LogP contribution in [0, 0.1) is 0 Å². The Labute approximate surface area is 77.6 Å². The molecule has 0 aliphatic heterocycles. The molecule has 2 rings (SSSR count). The highest BCUT2D eigenvalue weighted by atomic mass is 32.1. The van der Waals surface area contributed by atoms with Gasteiger partial charge in [-0.2, -0.15) is 11.3 Å². The van der Waals surface area contributed by atoms with Gasteiger partial charge in [0.15, 0.2) is 0 Å². The van der Waals surface area contributed by atoms with E-state index in [9.17, 15) is 0 Å². The number of fused-ring (bicyclic) bond motifs is 1. The lowest BCUT2D eigenvalue weighted by atomic mass is 10.1. The molecule has 0 atom stereocenters. The predicted molar refractivity (Wildman–Crippen MR) is 56.6 cm³/mol. The molecule has 12 heavy (non-hydrogen) atoms. The van der Waals surface area contributed by atoms with Gasteiger partial charge in [0, 0.05) is 4.70 Å². The quantitative estimate of drug-likeness (QED) is 0.578. The third-order valence-corrected chi connectivity index (χ3v) is 2.95. The van der Waals surface area contributed by atoms with E-state index < -0.39 is 0 Å². The van der Waals surface area contributed by atoms with Crippen molar-refractivity contribution < 1.29 is 0 Å². The van der Waals surface area contributed by atoms with E-state index in [-0.39, 0.29) is 0 Å². The van der Waals surface area contributed by atoms with Crippen molar-refractivity contribution in [3.8, 4) is 0 Å². The van der Waals surface area contributed by atoms with E-state index in [1.807, 2.05) is 6.07 Å². The van der Waals surface area contributed by atoms with Crippen molar-refractivity contribution in [2.45, 2.75) is 13.3 Å². The first-order valence-corrected chi connectivity index (χ1v) is 4.89. The van der Waals surface area contributed by atoms with Crippen LogP contribution in [0.5, 0.6) is 0 Å². The SMILES string of the molecule is [B]c1cc2cc(CC)ccc2s1. The van der Waals surface area contributed by atoms with Crippen LogP contribution in [-0.4, -0.2) is 7.85 Å². The lowest BCUT2D eigenvalue weighted by molar-refractivity contribution is 1.15. The van der Waals surface area contributed by atoms with Gasteiger partial charge in [-0.25, -0.2) is 0 Å². The Bertz CT molecular complexity index is 403. The molecule has 2 radical (unpaired) electrons. The summed E-state index contributed by atoms with van der Waals surface area (Å²) < 4.78 is 2.18. The molecule has 1 heterocycles. The summed E-state index contributed by atoms with van der Waals surface area (Å²) in [5.74, 6) is 0. The van der Waals surface area contributed by atoms with Crippen molar-refractivity contribution in [3.63, 3.8) is 0 Å². The normalized spacial score (nSPS) is 10.8. The highest BCUT2D eigenvalue weighted by Crippen LogP contribution is 2.19. The smallest absolute Gasteiger partial charge is 0.128 e. The molecular formula is C10H9BS. The van der Waals surface area contributed by atoms with Gasteiger partial charge >= 0.3 is 0 Å². The van der Waals surface area contributed by atoms with Crippen molar-refractivity contribution in [1.82, 2.24) is 0 Å². The Hall–Kier alpha value is -0.755. The zero-order valence-corrected chi connectivity index (χ0v) is 7.82. The molecular weight excluding hydrogens is 163 g/mol. The monoisotopic (exact) mass is 172 g/mol. The van der Waals surface area contributed by atoms with E-state index in [1.165, 1.54) is 15.6 Å². The van der Waals surface area contributed by atoms with Gasteiger partial charge in [-0.05, 0) is 28.2 Å². The maximum absolute atomic E-state index is 5.70. The molecule has 0 fully saturated rings. The molecule has 0 aliphatic carbocycles. The average molecular weight is 172 g/mol. The molecule has 0 saturated carbocycles. The van der Waals surface area contributed by atoms with Gasteiger partial charge in [-0.3, -0.25) is 0 Å². The molecule has 2 aromatic rings. The highest BCUT2D eigenvalue weighted by molar-refractivity contribution is 7.26. The molecule has 0 unspecified atom stereocenters. The fourth-order valence-corrected chi connectivity index (χ4v) is 2.14. The zero-order chi connectivity index (χ0) is 8.55. The van der Waals surface area contributed by atoms with Gasteiger partial charge in [0.05, 0.1) is 0 Å². The minimum Gasteiger partial charge on any atom is -0.152 e. The molecule has 0 amide bonds. The Morgan fingerprint density at radius 3 is 2.92 bits per heavy atom. The standard InChI is InChI=1S/C10H9BS/c1-2-7-3-4-9-8(5-7)6-10(11)12-9/h3-6H,2H2,1H3. The fourth-order valence-electron chi connectivity index (χ4n) is 1.33. The van der Waals surface area contributed by atoms with Gasteiger partial charge < -0.3 is 0 Å². The van der Waals surface area contributed by atoms with E-state index in [0.717, 1.165) is 11.2 Å². The first-order valence-electron chi connectivity index (χ1n) is 4.07. The number of hydrogen-bond acceptors (Lipinski definition) is 1. The van der Waals surface area contributed by atoms with E-state index in [2.05, 4.69) is 25.1 Å². The van der Waals surface area contributed by atoms with E-state index in [0.29, 0.717) is 0 Å². The largest absolute Gasteiger partial charge is 0.152 e. The lowest BCUT2D eigenvalue weighted by Crippen LogP contribution is -1.88. The summed E-state index contributed by atoms with van der Waals surface area (Å²) in [6.45, 7) is 2.16. The maximum Gasteiger partial charge on any atom is 0.128 e. The van der Waals surface area contributed by atoms with Crippen LogP contribution < -0.4 is 4.78 Å². The molecule has 0 N–H and O–H groups in total. The van der Waals surface area contributed by atoms with Gasteiger partial charge in [0.1, 0.15) is 7.85 Å². The van der Waals surface area contributed by atoms with Crippen LogP contribution in [0.25, 0.3) is 10.1 Å². The van der Waals surface area contributed by atoms with Gasteiger partial charge in [0.2, 0.25) is 0 Å². The van der Waals surface area contributed by atoms with Crippen LogP contribution >= 0.6 is 11.3 Å². The number of thiophene rings is 1. The Morgan fingerprint density at radius 1 is 1.33 bits per heavy atom. The summed E-state index contributed by atoms with van der Waals surface area (Å²) in [6, 6.07) is 8.56. The molecule has 58 valence electrons. The fraction of sp³-hybridized carbons (Fsp3) is 0.200. The summed E-state index contributed by atoms with van der Waals surface area (Å²) in [7, 11) is 5.70. The molecule has 0 nitrogen and oxygen atoms in total. The van der Waals surface area contributed by atoms with Gasteiger partial charge in [-0.15, -0.1) is 0 Å². The van der Waals surface area contributed by atoms with Gasteiger partial charge in [-0.1, -0.05) is 25.1 Å². The Morgan fingerprint density at radius 2 is 2.17 bits per heavy atom. The van der Waals surface area contributed by atoms with Crippen molar-refractivity contribution in [2.24, 2.45) is 0 Å². The van der Waals surface area contributed by atoms with Crippen LogP contribution in [0.3, 0.4) is 0 Å². The van der Waals surface area contributed by atoms with Crippen LogP contribution in [-0.2, 0) is 6.42 Å². The summed E-state index contributed by atoms with van der Waals surface area (Å²) in [5.41, 5.74) is 1.38. The summed E-state index contributed by atoms with van der Waals surface area (Å²) >= 11 is 1.65. The second-order valence-electron chi connectivity index (χ2n) is 2.87. The first kappa shape index (κ1) is 7.87. The van der Waals surface area contributed by atoms with Crippen LogP contribution in [0.4, 0.5) is 0 Å². The number of rotatable bonds is 1. The molecule has 1 aromatic heterocycles. The Kier molecular flexibility index (Phi) is 1.93. The van der Waals surface area contributed by atoms with Crippen molar-refractivity contribution in [3.05, 3.63) is 29.8 Å². The van der Waals surface area contributed by atoms with Crippen molar-refractivity contribution in [1.29, 1.82) is 0 Å². The van der Waals surface area contributed by atoms with Crippen LogP contribution in [0.15, 0.2) is 24.3 Å². The molecule has 0 bridgehead atoms. The minimum absolute atomic E-state index is 0.901. The van der Waals surface area contributed by atoms with E-state index in [1.54, 1.807) is 11.3 Å². The summed E-state index contributed by atoms with van der Waals surface area (Å²) in [6.07, 6.45) is 1.09. The number of benzene rings is 1. The third kappa shape index (κ3) is 1.27. The van der Waals surface area contributed by atoms with Gasteiger partial charge in [0.25, 0.3) is 0 Å². The summed E-state index contributed by atoms with van der Waals surface area (Å²) in [5, 5.41) is 1.27. The minimum atomic E-state index is 0.901. The molecule has 0 saturated heterocycles. The van der Waals surface area contributed by atoms with E-state index in [4.69, 9.17) is 7.85 Å². The zero-order valence-electron chi connectivity index (χ0n) is 7.00. The molecule has 0 aliphatic rings. The van der Waals surface area contributed by atoms with E-state index >= 15 is 0 Å². The first-order chi connectivity index (χ1) is 5.79. The molecule has 2 heteroatoms. The third-order valence-electron chi connectivity index (χ3n) is 2.01. The van der Waals surface area contributed by atoms with Crippen molar-refractivity contribution >= 4 is 34.0 Å². The average Bonchev–Trinajstić information content (AvgIpc) is 2.43. The lowest BCUT2D eigenvalue weighted by Gasteiger charge is -1.94. The number of aryl methyl sites for hydroxylation is 1. The topological polar surface area (TPSA) is 0 Å². The maximum atomic E-state index is 5.70. The second kappa shape index (κ2) is 2.94. The van der Waals surface area contributed by atoms with Crippen molar-refractivity contribution in [2.75, 3.05) is 0 Å². The predicted octanol–water partition coefficient (Wildman–Crippen LogP) is 2.26. The Balaban J connectivity index is 2.66. The van der Waals surface area contributed by atoms with Crippen LogP contribution in [0.2, 0.25) is 0 Å². The number of hydrogen-bond donors (Lipinski definition) is 0. The summed E-state index contributed by atoms with van der Waals surface area (Å²) in [4.78, 5) is 0. The molecule has 1 aromatic carbocycles. The van der Waals surface area contributed by atoms with Crippen LogP contribution in [0.1, 0.15) is 12.5 Å². The highest BCUT2D eigenvalue weighted by Gasteiger charge is 1.97.